The number of nitrogens with one attached hydrogen (secondary N) is 2. The molecule has 16 nitrogen and oxygen atoms in total. The van der Waals surface area contributed by atoms with Gasteiger partial charge in [-0.1, -0.05) is 0 Å². The maximum absolute atomic E-state index is 14.0. The van der Waals surface area contributed by atoms with E-state index in [-0.39, 0.29) is 25.1 Å². The monoisotopic (exact) mass is 629 g/mol. The van der Waals surface area contributed by atoms with Gasteiger partial charge in [0.2, 0.25) is 0 Å². The molecule has 1 amide bonds. The van der Waals surface area contributed by atoms with Gasteiger partial charge in [0.1, 0.15) is 24.4 Å². The highest BCUT2D eigenvalue weighted by Gasteiger charge is 2.54. The van der Waals surface area contributed by atoms with Crippen LogP contribution in [0.2, 0.25) is 0 Å². The SMILES string of the molecule is NCCCN[C@@H]1CCC(CN)OC1C1[C@@H](N)C[C@@H](NC(=O)C(O)C(F)(F)CN)[C@H](O[C@H]2O[C@H](CO)[C@@H](O)[C@H](N)[C@H]2O)[C@H]1O. The van der Waals surface area contributed by atoms with E-state index in [2.05, 4.69) is 10.6 Å². The first-order valence-electron chi connectivity index (χ1n) is 14.6. The lowest BCUT2D eigenvalue weighted by atomic mass is 9.72. The van der Waals surface area contributed by atoms with Crippen LogP contribution in [0.5, 0.6) is 0 Å². The third-order valence-corrected chi connectivity index (χ3v) is 8.60. The average molecular weight is 630 g/mol. The van der Waals surface area contributed by atoms with Crippen LogP contribution >= 0.6 is 0 Å². The molecule has 17 N–H and O–H groups in total. The fraction of sp³-hybridized carbons (Fsp3) is 0.960. The lowest BCUT2D eigenvalue weighted by Gasteiger charge is -2.51. The number of ether oxygens (including phenoxy) is 3. The first-order valence-corrected chi connectivity index (χ1v) is 14.6. The van der Waals surface area contributed by atoms with Gasteiger partial charge in [-0.3, -0.25) is 4.79 Å². The number of amides is 1. The molecule has 0 radical (unpaired) electrons. The van der Waals surface area contributed by atoms with Crippen LogP contribution in [0.15, 0.2) is 0 Å². The molecule has 2 saturated heterocycles. The number of hydrogen-bond donors (Lipinski definition) is 12. The molecule has 14 atom stereocenters. The fourth-order valence-corrected chi connectivity index (χ4v) is 6.05. The van der Waals surface area contributed by atoms with E-state index in [1.54, 1.807) is 0 Å². The molecule has 0 aromatic carbocycles. The molecule has 2 aliphatic heterocycles. The summed E-state index contributed by atoms with van der Waals surface area (Å²) in [7, 11) is 0. The molecule has 18 heteroatoms. The number of hydrogen-bond acceptors (Lipinski definition) is 15. The average Bonchev–Trinajstić information content (AvgIpc) is 2.99. The number of carbonyl (C=O) groups excluding carboxylic acids is 1. The topological polar surface area (TPSA) is 300 Å². The Morgan fingerprint density at radius 1 is 1.05 bits per heavy atom. The summed E-state index contributed by atoms with van der Waals surface area (Å²) >= 11 is 0. The summed E-state index contributed by atoms with van der Waals surface area (Å²) in [6.45, 7) is -0.774. The zero-order valence-corrected chi connectivity index (χ0v) is 24.0. The fourth-order valence-electron chi connectivity index (χ4n) is 6.05. The number of alkyl halides is 2. The number of halogens is 2. The van der Waals surface area contributed by atoms with E-state index >= 15 is 0 Å². The van der Waals surface area contributed by atoms with Crippen molar-refractivity contribution in [1.29, 1.82) is 0 Å². The third-order valence-electron chi connectivity index (χ3n) is 8.60. The maximum Gasteiger partial charge on any atom is 0.294 e. The Morgan fingerprint density at radius 3 is 2.35 bits per heavy atom. The smallest absolute Gasteiger partial charge is 0.294 e. The van der Waals surface area contributed by atoms with Crippen molar-refractivity contribution in [2.24, 2.45) is 34.6 Å². The van der Waals surface area contributed by atoms with Crippen LogP contribution in [0, 0.1) is 5.92 Å². The van der Waals surface area contributed by atoms with Crippen LogP contribution in [0.1, 0.15) is 25.7 Å². The number of nitrogens with two attached hydrogens (primary N) is 5. The van der Waals surface area contributed by atoms with Crippen LogP contribution < -0.4 is 39.3 Å². The lowest BCUT2D eigenvalue weighted by Crippen LogP contribution is -2.70. The van der Waals surface area contributed by atoms with Crippen LogP contribution in [-0.2, 0) is 19.0 Å². The molecule has 0 spiro atoms. The second kappa shape index (κ2) is 15.9. The molecule has 2 heterocycles. The van der Waals surface area contributed by atoms with Gasteiger partial charge in [-0.05, 0) is 38.8 Å². The summed E-state index contributed by atoms with van der Waals surface area (Å²) in [4.78, 5) is 12.7. The van der Waals surface area contributed by atoms with Crippen LogP contribution in [0.3, 0.4) is 0 Å². The molecular formula is C25H49F2N7O9. The minimum Gasteiger partial charge on any atom is -0.394 e. The molecule has 4 unspecified atom stereocenters. The van der Waals surface area contributed by atoms with E-state index < -0.39 is 98.0 Å². The van der Waals surface area contributed by atoms with Crippen molar-refractivity contribution in [2.75, 3.05) is 32.8 Å². The van der Waals surface area contributed by atoms with Crippen molar-refractivity contribution in [3.8, 4) is 0 Å². The third kappa shape index (κ3) is 8.33. The van der Waals surface area contributed by atoms with Crippen molar-refractivity contribution >= 4 is 5.91 Å². The second-order valence-corrected chi connectivity index (χ2v) is 11.6. The van der Waals surface area contributed by atoms with Gasteiger partial charge in [-0.25, -0.2) is 8.78 Å². The Morgan fingerprint density at radius 2 is 1.74 bits per heavy atom. The molecule has 3 fully saturated rings. The molecule has 252 valence electrons. The lowest BCUT2D eigenvalue weighted by molar-refractivity contribution is -0.306. The number of rotatable bonds is 13. The molecule has 0 bridgehead atoms. The summed E-state index contributed by atoms with van der Waals surface area (Å²) in [6.07, 6.45) is -11.0. The zero-order valence-electron chi connectivity index (χ0n) is 24.0. The van der Waals surface area contributed by atoms with Crippen LogP contribution in [0.25, 0.3) is 0 Å². The van der Waals surface area contributed by atoms with Gasteiger partial charge in [-0.15, -0.1) is 0 Å². The van der Waals surface area contributed by atoms with Gasteiger partial charge >= 0.3 is 0 Å². The van der Waals surface area contributed by atoms with Gasteiger partial charge in [0.25, 0.3) is 11.8 Å². The first-order chi connectivity index (χ1) is 20.3. The van der Waals surface area contributed by atoms with Crippen molar-refractivity contribution in [1.82, 2.24) is 10.6 Å². The first kappa shape index (κ1) is 36.2. The molecule has 43 heavy (non-hydrogen) atoms. The number of aliphatic hydroxyl groups is 5. The Balaban J connectivity index is 1.93. The van der Waals surface area contributed by atoms with Crippen molar-refractivity contribution in [2.45, 2.75) is 111 Å². The Bertz CT molecular complexity index is 883. The maximum atomic E-state index is 14.0. The molecule has 3 aliphatic rings. The van der Waals surface area contributed by atoms with Gasteiger partial charge in [0.05, 0.1) is 43.5 Å². The Kier molecular flexibility index (Phi) is 13.4. The van der Waals surface area contributed by atoms with Crippen LogP contribution in [-0.4, -0.2) is 149 Å². The molecule has 1 saturated carbocycles. The van der Waals surface area contributed by atoms with E-state index in [4.69, 9.17) is 42.9 Å². The van der Waals surface area contributed by atoms with E-state index in [9.17, 15) is 39.1 Å². The van der Waals surface area contributed by atoms with Gasteiger partial charge in [0, 0.05) is 24.5 Å². The van der Waals surface area contributed by atoms with Crippen molar-refractivity contribution in [3.63, 3.8) is 0 Å². The summed E-state index contributed by atoms with van der Waals surface area (Å²) < 4.78 is 45.8. The standard InChI is InChI=1S/C25H49F2N7O9/c26-25(27,9-30)22(39)23(40)34-13-6-11(31)15(20-12(33-5-1-4-28)3-2-10(7-29)41-20)18(37)21(13)43-24-19(38)16(32)17(36)14(8-35)42-24/h10-22,24,33,35-39H,1-9,28-32H2,(H,34,40)/t10?,11-,12+,13+,14+,15?,16-,17+,18-,19+,20?,21-,22?,24+/m0/s1. The van der Waals surface area contributed by atoms with Crippen molar-refractivity contribution < 1.29 is 53.3 Å². The quantitative estimate of drug-likeness (QED) is 0.0844. The Hall–Kier alpha value is -1.23. The zero-order chi connectivity index (χ0) is 32.1. The molecular weight excluding hydrogens is 580 g/mol. The predicted octanol–water partition coefficient (Wildman–Crippen LogP) is -5.90. The summed E-state index contributed by atoms with van der Waals surface area (Å²) in [5.74, 6) is -6.30. The summed E-state index contributed by atoms with van der Waals surface area (Å²) in [5, 5.41) is 58.0. The van der Waals surface area contributed by atoms with Gasteiger partial charge in [-0.2, -0.15) is 0 Å². The normalized spacial score (nSPS) is 41.5. The van der Waals surface area contributed by atoms with E-state index in [1.807, 2.05) is 0 Å². The van der Waals surface area contributed by atoms with Gasteiger partial charge in [0.15, 0.2) is 12.4 Å². The van der Waals surface area contributed by atoms with Crippen LogP contribution in [0.4, 0.5) is 8.78 Å². The predicted molar refractivity (Wildman–Crippen MR) is 147 cm³/mol. The minimum atomic E-state index is -3.95. The van der Waals surface area contributed by atoms with E-state index in [1.165, 1.54) is 0 Å². The van der Waals surface area contributed by atoms with E-state index in [0.29, 0.717) is 32.4 Å². The van der Waals surface area contributed by atoms with Gasteiger partial charge < -0.3 is 79.0 Å². The number of carbonyl (C=O) groups is 1. The second-order valence-electron chi connectivity index (χ2n) is 11.6. The Labute approximate surface area is 248 Å². The summed E-state index contributed by atoms with van der Waals surface area (Å²) in [6, 6.07) is -3.76. The number of aliphatic hydroxyl groups excluding tert-OH is 5. The summed E-state index contributed by atoms with van der Waals surface area (Å²) in [5.41, 5.74) is 29.0. The molecule has 1 aliphatic carbocycles. The largest absolute Gasteiger partial charge is 0.394 e. The molecule has 0 aromatic rings. The van der Waals surface area contributed by atoms with E-state index in [0.717, 1.165) is 0 Å². The molecule has 0 aromatic heterocycles. The minimum absolute atomic E-state index is 0.136. The highest BCUT2D eigenvalue weighted by molar-refractivity contribution is 5.82. The molecule has 3 rings (SSSR count). The highest BCUT2D eigenvalue weighted by Crippen LogP contribution is 2.37. The van der Waals surface area contributed by atoms with Crippen molar-refractivity contribution in [3.05, 3.63) is 0 Å². The highest BCUT2D eigenvalue weighted by atomic mass is 19.3.